The number of hydrogen-bond acceptors (Lipinski definition) is 5. The molecule has 2 fully saturated rings. The Kier molecular flexibility index (Phi) is 4.19. The number of pyridine rings is 1. The molecule has 6 nitrogen and oxygen atoms in total. The van der Waals surface area contributed by atoms with Crippen LogP contribution in [0.3, 0.4) is 0 Å². The zero-order chi connectivity index (χ0) is 14.7. The number of carbonyl (C=O) groups is 1. The molecule has 2 aliphatic rings. The van der Waals surface area contributed by atoms with Crippen molar-refractivity contribution in [3.8, 4) is 0 Å². The van der Waals surface area contributed by atoms with Crippen LogP contribution >= 0.6 is 0 Å². The Morgan fingerprint density at radius 2 is 2.33 bits per heavy atom. The third-order valence-electron chi connectivity index (χ3n) is 4.13. The van der Waals surface area contributed by atoms with Crippen LogP contribution in [0.2, 0.25) is 0 Å². The van der Waals surface area contributed by atoms with Gasteiger partial charge in [0.15, 0.2) is 0 Å². The summed E-state index contributed by atoms with van der Waals surface area (Å²) >= 11 is 0. The highest BCUT2D eigenvalue weighted by atomic mass is 16.6. The summed E-state index contributed by atoms with van der Waals surface area (Å²) in [5.41, 5.74) is 0.895. The Labute approximate surface area is 124 Å². The standard InChI is InChI=1S/C15H21N3O3/c1-16-14(19)13-8-15(11-20-13)10-18(6-7-21-15)9-12-2-4-17-5-3-12/h2-5,13H,6-11H2,1H3,(H,16,19). The number of morpholine rings is 1. The van der Waals surface area contributed by atoms with Crippen molar-refractivity contribution in [3.05, 3.63) is 30.1 Å². The molecule has 2 aliphatic heterocycles. The third kappa shape index (κ3) is 3.23. The monoisotopic (exact) mass is 291 g/mol. The number of amides is 1. The lowest BCUT2D eigenvalue weighted by molar-refractivity contribution is -0.129. The minimum atomic E-state index is -0.393. The van der Waals surface area contributed by atoms with Gasteiger partial charge in [-0.05, 0) is 17.7 Å². The molecule has 2 atom stereocenters. The van der Waals surface area contributed by atoms with Gasteiger partial charge in [-0.1, -0.05) is 0 Å². The Morgan fingerprint density at radius 3 is 3.10 bits per heavy atom. The first-order valence-corrected chi connectivity index (χ1v) is 7.29. The quantitative estimate of drug-likeness (QED) is 0.861. The van der Waals surface area contributed by atoms with Crippen molar-refractivity contribution in [3.63, 3.8) is 0 Å². The summed E-state index contributed by atoms with van der Waals surface area (Å²) in [5, 5.41) is 2.64. The number of likely N-dealkylation sites (N-methyl/N-ethyl adjacent to an activating group) is 1. The topological polar surface area (TPSA) is 63.7 Å². The highest BCUT2D eigenvalue weighted by molar-refractivity contribution is 5.80. The predicted octanol–water partition coefficient (Wildman–Crippen LogP) is 0.188. The lowest BCUT2D eigenvalue weighted by Crippen LogP contribution is -2.52. The van der Waals surface area contributed by atoms with Crippen molar-refractivity contribution in [2.75, 3.05) is 33.4 Å². The van der Waals surface area contributed by atoms with E-state index in [4.69, 9.17) is 9.47 Å². The number of ether oxygens (including phenoxy) is 2. The van der Waals surface area contributed by atoms with E-state index in [1.54, 1.807) is 7.05 Å². The number of hydrogen-bond donors (Lipinski definition) is 1. The molecule has 6 heteroatoms. The van der Waals surface area contributed by atoms with Crippen LogP contribution < -0.4 is 5.32 Å². The van der Waals surface area contributed by atoms with E-state index in [0.29, 0.717) is 19.6 Å². The molecule has 1 N–H and O–H groups in total. The summed E-state index contributed by atoms with van der Waals surface area (Å²) < 4.78 is 11.6. The Hall–Kier alpha value is -1.50. The van der Waals surface area contributed by atoms with Crippen LogP contribution in [0, 0.1) is 0 Å². The SMILES string of the molecule is CNC(=O)C1CC2(CO1)CN(Cc1ccncc1)CCO2. The van der Waals surface area contributed by atoms with Crippen molar-refractivity contribution >= 4 is 5.91 Å². The van der Waals surface area contributed by atoms with Gasteiger partial charge in [-0.25, -0.2) is 0 Å². The van der Waals surface area contributed by atoms with Crippen molar-refractivity contribution in [2.45, 2.75) is 24.7 Å². The lowest BCUT2D eigenvalue weighted by Gasteiger charge is -2.39. The van der Waals surface area contributed by atoms with Gasteiger partial charge in [-0.2, -0.15) is 0 Å². The van der Waals surface area contributed by atoms with Crippen LogP contribution in [-0.4, -0.2) is 60.8 Å². The first kappa shape index (κ1) is 14.4. The van der Waals surface area contributed by atoms with E-state index in [1.807, 2.05) is 24.5 Å². The largest absolute Gasteiger partial charge is 0.370 e. The fourth-order valence-corrected chi connectivity index (χ4v) is 3.05. The van der Waals surface area contributed by atoms with Crippen LogP contribution in [-0.2, 0) is 20.8 Å². The molecule has 114 valence electrons. The van der Waals surface area contributed by atoms with Crippen molar-refractivity contribution in [2.24, 2.45) is 0 Å². The van der Waals surface area contributed by atoms with Gasteiger partial charge < -0.3 is 14.8 Å². The number of carbonyl (C=O) groups excluding carboxylic acids is 1. The Balaban J connectivity index is 1.62. The van der Waals surface area contributed by atoms with Crippen LogP contribution in [0.5, 0.6) is 0 Å². The van der Waals surface area contributed by atoms with Gasteiger partial charge in [0.2, 0.25) is 5.91 Å². The number of nitrogens with one attached hydrogen (secondary N) is 1. The van der Waals surface area contributed by atoms with E-state index in [1.165, 1.54) is 5.56 Å². The van der Waals surface area contributed by atoms with E-state index in [-0.39, 0.29) is 11.5 Å². The highest BCUT2D eigenvalue weighted by Gasteiger charge is 2.46. The molecule has 0 saturated carbocycles. The minimum absolute atomic E-state index is 0.0678. The van der Waals surface area contributed by atoms with Crippen LogP contribution in [0.15, 0.2) is 24.5 Å². The predicted molar refractivity (Wildman–Crippen MR) is 76.6 cm³/mol. The fraction of sp³-hybridized carbons (Fsp3) is 0.600. The molecule has 1 amide bonds. The molecule has 1 aromatic heterocycles. The second-order valence-electron chi connectivity index (χ2n) is 5.72. The molecule has 0 aliphatic carbocycles. The second kappa shape index (κ2) is 6.09. The number of aromatic nitrogens is 1. The molecule has 3 rings (SSSR count). The van der Waals surface area contributed by atoms with Crippen molar-refractivity contribution in [1.82, 2.24) is 15.2 Å². The average Bonchev–Trinajstić information content (AvgIpc) is 2.91. The summed E-state index contributed by atoms with van der Waals surface area (Å²) in [7, 11) is 1.63. The maximum atomic E-state index is 11.7. The van der Waals surface area contributed by atoms with E-state index < -0.39 is 6.10 Å². The normalized spacial score (nSPS) is 29.7. The Bertz CT molecular complexity index is 496. The first-order valence-electron chi connectivity index (χ1n) is 7.29. The van der Waals surface area contributed by atoms with Gasteiger partial charge in [0.05, 0.1) is 13.2 Å². The molecule has 2 unspecified atom stereocenters. The van der Waals surface area contributed by atoms with Crippen molar-refractivity contribution in [1.29, 1.82) is 0 Å². The second-order valence-corrected chi connectivity index (χ2v) is 5.72. The molecular weight excluding hydrogens is 270 g/mol. The zero-order valence-corrected chi connectivity index (χ0v) is 12.2. The molecule has 1 spiro atoms. The molecule has 2 saturated heterocycles. The molecule has 1 aromatic rings. The summed E-state index contributed by atoms with van der Waals surface area (Å²) in [6.07, 6.45) is 3.85. The maximum absolute atomic E-state index is 11.7. The molecule has 3 heterocycles. The summed E-state index contributed by atoms with van der Waals surface area (Å²) in [4.78, 5) is 18.1. The van der Waals surface area contributed by atoms with Gasteiger partial charge in [0.25, 0.3) is 0 Å². The van der Waals surface area contributed by atoms with Gasteiger partial charge in [-0.15, -0.1) is 0 Å². The van der Waals surface area contributed by atoms with E-state index >= 15 is 0 Å². The number of rotatable bonds is 3. The van der Waals surface area contributed by atoms with Gasteiger partial charge in [0, 0.05) is 45.5 Å². The molecule has 21 heavy (non-hydrogen) atoms. The van der Waals surface area contributed by atoms with E-state index in [0.717, 1.165) is 19.6 Å². The third-order valence-corrected chi connectivity index (χ3v) is 4.13. The minimum Gasteiger partial charge on any atom is -0.370 e. The first-order chi connectivity index (χ1) is 10.2. The average molecular weight is 291 g/mol. The molecule has 0 bridgehead atoms. The van der Waals surface area contributed by atoms with Crippen LogP contribution in [0.25, 0.3) is 0 Å². The highest BCUT2D eigenvalue weighted by Crippen LogP contribution is 2.32. The van der Waals surface area contributed by atoms with Gasteiger partial charge in [-0.3, -0.25) is 14.7 Å². The maximum Gasteiger partial charge on any atom is 0.248 e. The van der Waals surface area contributed by atoms with Crippen molar-refractivity contribution < 1.29 is 14.3 Å². The summed E-state index contributed by atoms with van der Waals surface area (Å²) in [6.45, 7) is 3.72. The fourth-order valence-electron chi connectivity index (χ4n) is 3.05. The lowest BCUT2D eigenvalue weighted by atomic mass is 9.97. The van der Waals surface area contributed by atoms with E-state index in [9.17, 15) is 4.79 Å². The molecule has 0 radical (unpaired) electrons. The zero-order valence-electron chi connectivity index (χ0n) is 12.2. The smallest absolute Gasteiger partial charge is 0.248 e. The van der Waals surface area contributed by atoms with Crippen LogP contribution in [0.1, 0.15) is 12.0 Å². The number of nitrogens with zero attached hydrogens (tertiary/aromatic N) is 2. The molecule has 0 aromatic carbocycles. The van der Waals surface area contributed by atoms with Gasteiger partial charge in [0.1, 0.15) is 11.7 Å². The summed E-state index contributed by atoms with van der Waals surface area (Å²) in [5.74, 6) is -0.0678. The van der Waals surface area contributed by atoms with E-state index in [2.05, 4.69) is 15.2 Å². The van der Waals surface area contributed by atoms with Gasteiger partial charge >= 0.3 is 0 Å². The molecular formula is C15H21N3O3. The summed E-state index contributed by atoms with van der Waals surface area (Å²) in [6, 6.07) is 4.06. The van der Waals surface area contributed by atoms with Crippen LogP contribution in [0.4, 0.5) is 0 Å². The Morgan fingerprint density at radius 1 is 1.52 bits per heavy atom.